The molecule has 8 nitrogen and oxygen atoms in total. The summed E-state index contributed by atoms with van der Waals surface area (Å²) in [6, 6.07) is 2.80. The van der Waals surface area contributed by atoms with E-state index in [2.05, 4.69) is 24.1 Å². The van der Waals surface area contributed by atoms with E-state index in [9.17, 15) is 13.2 Å². The van der Waals surface area contributed by atoms with Gasteiger partial charge in [0.25, 0.3) is 0 Å². The second-order valence-corrected chi connectivity index (χ2v) is 10.1. The largest absolute Gasteiger partial charge is 0.477 e. The van der Waals surface area contributed by atoms with Crippen LogP contribution in [-0.2, 0) is 14.6 Å². The quantitative estimate of drug-likeness (QED) is 0.739. The second kappa shape index (κ2) is 9.09. The van der Waals surface area contributed by atoms with Gasteiger partial charge >= 0.3 is 6.03 Å². The highest BCUT2D eigenvalue weighted by Gasteiger charge is 2.36. The predicted molar refractivity (Wildman–Crippen MR) is 106 cm³/mol. The normalized spacial score (nSPS) is 23.7. The van der Waals surface area contributed by atoms with Crippen molar-refractivity contribution in [3.8, 4) is 5.88 Å². The Kier molecular flexibility index (Phi) is 6.77. The number of sulfone groups is 1. The minimum Gasteiger partial charge on any atom is -0.477 e. The molecule has 0 aromatic carbocycles. The van der Waals surface area contributed by atoms with Crippen molar-refractivity contribution < 1.29 is 22.7 Å². The van der Waals surface area contributed by atoms with Crippen molar-refractivity contribution in [2.45, 2.75) is 45.3 Å². The fourth-order valence-electron chi connectivity index (χ4n) is 3.41. The number of rotatable bonds is 7. The first-order valence-corrected chi connectivity index (χ1v) is 11.6. The van der Waals surface area contributed by atoms with Gasteiger partial charge in [-0.05, 0) is 31.2 Å². The Morgan fingerprint density at radius 3 is 2.79 bits per heavy atom. The van der Waals surface area contributed by atoms with Gasteiger partial charge in [-0.15, -0.1) is 0 Å². The van der Waals surface area contributed by atoms with Gasteiger partial charge in [-0.3, -0.25) is 0 Å². The highest BCUT2D eigenvalue weighted by Crippen LogP contribution is 2.22. The van der Waals surface area contributed by atoms with Crippen LogP contribution in [0.4, 0.5) is 10.5 Å². The number of aromatic nitrogens is 1. The number of nitrogens with zero attached hydrogens (tertiary/aromatic N) is 2. The fraction of sp³-hybridized carbons (Fsp3) is 0.684. The SMILES string of the molecule is CC(C)COc1ccc(NC(=O)N(C[C@@H]2CCCO2)[C@@H]2CCS(=O)(=O)C2)cn1. The second-order valence-electron chi connectivity index (χ2n) is 7.86. The molecule has 28 heavy (non-hydrogen) atoms. The van der Waals surface area contributed by atoms with Gasteiger partial charge in [0.1, 0.15) is 0 Å². The molecule has 0 aliphatic carbocycles. The molecule has 3 heterocycles. The number of urea groups is 1. The van der Waals surface area contributed by atoms with Crippen LogP contribution in [0.25, 0.3) is 0 Å². The van der Waals surface area contributed by atoms with Gasteiger partial charge in [0.15, 0.2) is 9.84 Å². The summed E-state index contributed by atoms with van der Waals surface area (Å²) in [7, 11) is -3.09. The number of ether oxygens (including phenoxy) is 2. The van der Waals surface area contributed by atoms with Crippen LogP contribution in [0, 0.1) is 5.92 Å². The fourth-order valence-corrected chi connectivity index (χ4v) is 5.14. The van der Waals surface area contributed by atoms with Gasteiger partial charge < -0.3 is 19.7 Å². The predicted octanol–water partition coefficient (Wildman–Crippen LogP) is 2.32. The van der Waals surface area contributed by atoms with Crippen molar-refractivity contribution in [3.63, 3.8) is 0 Å². The lowest BCUT2D eigenvalue weighted by Gasteiger charge is -2.30. The maximum atomic E-state index is 12.9. The Hall–Kier alpha value is -1.87. The van der Waals surface area contributed by atoms with Gasteiger partial charge in [0.05, 0.1) is 36.1 Å². The molecule has 1 aromatic heterocycles. The van der Waals surface area contributed by atoms with Gasteiger partial charge in [0.2, 0.25) is 5.88 Å². The summed E-state index contributed by atoms with van der Waals surface area (Å²) in [5.41, 5.74) is 0.542. The number of hydrogen-bond acceptors (Lipinski definition) is 6. The zero-order valence-corrected chi connectivity index (χ0v) is 17.3. The standard InChI is InChI=1S/C19H29N3O5S/c1-14(2)12-27-18-6-5-15(10-20-18)21-19(23)22(11-17-4-3-8-26-17)16-7-9-28(24,25)13-16/h5-6,10,14,16-17H,3-4,7-9,11-13H2,1-2H3,(H,21,23)/t16-,17+/m1/s1. The van der Waals surface area contributed by atoms with Crippen molar-refractivity contribution in [2.75, 3.05) is 36.6 Å². The highest BCUT2D eigenvalue weighted by atomic mass is 32.2. The average Bonchev–Trinajstić information content (AvgIpc) is 3.28. The minimum absolute atomic E-state index is 0.00731. The third-order valence-electron chi connectivity index (χ3n) is 4.89. The van der Waals surface area contributed by atoms with Gasteiger partial charge in [-0.25, -0.2) is 18.2 Å². The number of carbonyl (C=O) groups excluding carboxylic acids is 1. The Balaban J connectivity index is 1.64. The molecule has 2 fully saturated rings. The van der Waals surface area contributed by atoms with Crippen LogP contribution < -0.4 is 10.1 Å². The number of pyridine rings is 1. The maximum Gasteiger partial charge on any atom is 0.322 e. The summed E-state index contributed by atoms with van der Waals surface area (Å²) in [5.74, 6) is 1.03. The van der Waals surface area contributed by atoms with Gasteiger partial charge in [-0.2, -0.15) is 0 Å². The molecule has 2 aliphatic heterocycles. The van der Waals surface area contributed by atoms with E-state index in [1.807, 2.05) is 0 Å². The number of hydrogen-bond donors (Lipinski definition) is 1. The molecule has 9 heteroatoms. The van der Waals surface area contributed by atoms with Crippen LogP contribution in [0.2, 0.25) is 0 Å². The summed E-state index contributed by atoms with van der Waals surface area (Å²) in [4.78, 5) is 18.7. The molecule has 2 saturated heterocycles. The van der Waals surface area contributed by atoms with Crippen LogP contribution >= 0.6 is 0 Å². The van der Waals surface area contributed by atoms with Crippen molar-refractivity contribution in [3.05, 3.63) is 18.3 Å². The molecule has 0 bridgehead atoms. The Morgan fingerprint density at radius 1 is 1.39 bits per heavy atom. The monoisotopic (exact) mass is 411 g/mol. The van der Waals surface area contributed by atoms with E-state index in [1.165, 1.54) is 0 Å². The van der Waals surface area contributed by atoms with E-state index in [0.717, 1.165) is 12.8 Å². The zero-order valence-electron chi connectivity index (χ0n) is 16.5. The lowest BCUT2D eigenvalue weighted by molar-refractivity contribution is 0.0751. The topological polar surface area (TPSA) is 97.8 Å². The molecule has 2 aliphatic rings. The van der Waals surface area contributed by atoms with Crippen LogP contribution in [0.1, 0.15) is 33.1 Å². The molecular formula is C19H29N3O5S. The Bertz CT molecular complexity index is 760. The van der Waals surface area contributed by atoms with Crippen LogP contribution in [-0.4, -0.2) is 67.7 Å². The van der Waals surface area contributed by atoms with Crippen LogP contribution in [0.5, 0.6) is 5.88 Å². The number of amides is 2. The number of anilines is 1. The third-order valence-corrected chi connectivity index (χ3v) is 6.64. The first-order chi connectivity index (χ1) is 13.3. The maximum absolute atomic E-state index is 12.9. The summed E-state index contributed by atoms with van der Waals surface area (Å²) in [6.07, 6.45) is 3.81. The lowest BCUT2D eigenvalue weighted by Crippen LogP contribution is -2.47. The van der Waals surface area contributed by atoms with Crippen molar-refractivity contribution in [1.29, 1.82) is 0 Å². The zero-order chi connectivity index (χ0) is 20.1. The first-order valence-electron chi connectivity index (χ1n) is 9.81. The molecule has 1 aromatic rings. The number of carbonyl (C=O) groups is 1. The average molecular weight is 412 g/mol. The molecule has 1 N–H and O–H groups in total. The van der Waals surface area contributed by atoms with E-state index >= 15 is 0 Å². The molecule has 3 rings (SSSR count). The van der Waals surface area contributed by atoms with E-state index in [0.29, 0.717) is 43.7 Å². The van der Waals surface area contributed by atoms with Crippen molar-refractivity contribution in [2.24, 2.45) is 5.92 Å². The lowest BCUT2D eigenvalue weighted by atomic mass is 10.2. The minimum atomic E-state index is -3.09. The molecule has 156 valence electrons. The molecule has 0 radical (unpaired) electrons. The molecule has 2 atom stereocenters. The summed E-state index contributed by atoms with van der Waals surface area (Å²) in [5, 5.41) is 2.83. The summed E-state index contributed by atoms with van der Waals surface area (Å²) < 4.78 is 35.0. The Labute approximate surface area is 166 Å². The summed E-state index contributed by atoms with van der Waals surface area (Å²) >= 11 is 0. The molecule has 0 saturated carbocycles. The van der Waals surface area contributed by atoms with Crippen molar-refractivity contribution in [1.82, 2.24) is 9.88 Å². The number of nitrogens with one attached hydrogen (secondary N) is 1. The molecule has 0 spiro atoms. The van der Waals surface area contributed by atoms with E-state index in [1.54, 1.807) is 23.2 Å². The van der Waals surface area contributed by atoms with E-state index in [-0.39, 0.29) is 29.7 Å². The molecule has 0 unspecified atom stereocenters. The summed E-state index contributed by atoms with van der Waals surface area (Å²) in [6.45, 7) is 5.77. The van der Waals surface area contributed by atoms with Crippen molar-refractivity contribution >= 4 is 21.6 Å². The molecular weight excluding hydrogens is 382 g/mol. The van der Waals surface area contributed by atoms with Gasteiger partial charge in [-0.1, -0.05) is 13.8 Å². The third kappa shape index (κ3) is 5.81. The smallest absolute Gasteiger partial charge is 0.322 e. The molecule has 2 amide bonds. The van der Waals surface area contributed by atoms with E-state index in [4.69, 9.17) is 9.47 Å². The first kappa shape index (κ1) is 20.9. The van der Waals surface area contributed by atoms with E-state index < -0.39 is 9.84 Å². The van der Waals surface area contributed by atoms with Crippen LogP contribution in [0.3, 0.4) is 0 Å². The Morgan fingerprint density at radius 2 is 2.21 bits per heavy atom. The van der Waals surface area contributed by atoms with Crippen LogP contribution in [0.15, 0.2) is 18.3 Å². The highest BCUT2D eigenvalue weighted by molar-refractivity contribution is 7.91. The van der Waals surface area contributed by atoms with Gasteiger partial charge in [0, 0.05) is 25.3 Å².